The maximum Gasteiger partial charge on any atom is 0.159 e. The fourth-order valence-electron chi connectivity index (χ4n) is 9.44. The van der Waals surface area contributed by atoms with Crippen LogP contribution in [0.25, 0.3) is 110 Å². The van der Waals surface area contributed by atoms with Crippen LogP contribution in [0, 0.1) is 0 Å². The van der Waals surface area contributed by atoms with Crippen LogP contribution in [0.5, 0.6) is 0 Å². The van der Waals surface area contributed by atoms with Gasteiger partial charge >= 0.3 is 0 Å². The summed E-state index contributed by atoms with van der Waals surface area (Å²) in [5.41, 5.74) is 15.7. The zero-order chi connectivity index (χ0) is 41.7. The molecule has 0 unspecified atom stereocenters. The van der Waals surface area contributed by atoms with Crippen LogP contribution in [-0.2, 0) is 0 Å². The minimum atomic E-state index is 0.867. The first-order chi connectivity index (χ1) is 31.3. The summed E-state index contributed by atoms with van der Waals surface area (Å²) in [4.78, 5) is 0. The Kier molecular flexibility index (Phi) is 8.83. The zero-order valence-electron chi connectivity index (χ0n) is 34.4. The van der Waals surface area contributed by atoms with Crippen LogP contribution in [0.15, 0.2) is 247 Å². The van der Waals surface area contributed by atoms with Gasteiger partial charge in [-0.2, -0.15) is 0 Å². The Hall–Kier alpha value is -8.40. The third-order valence-electron chi connectivity index (χ3n) is 12.4. The van der Waals surface area contributed by atoms with Gasteiger partial charge in [0.1, 0.15) is 5.58 Å². The van der Waals surface area contributed by atoms with E-state index in [9.17, 15) is 0 Å². The number of hydrogen-bond acceptors (Lipinski definition) is 1. The summed E-state index contributed by atoms with van der Waals surface area (Å²) >= 11 is 0. The lowest BCUT2D eigenvalue weighted by Crippen LogP contribution is -1.94. The van der Waals surface area contributed by atoms with Crippen molar-refractivity contribution in [2.24, 2.45) is 0 Å². The van der Waals surface area contributed by atoms with Crippen LogP contribution in [0.4, 0.5) is 0 Å². The number of benzene rings is 10. The molecule has 3 aromatic heterocycles. The quantitative estimate of drug-likeness (QED) is 0.170. The highest BCUT2D eigenvalue weighted by atomic mass is 16.3. The van der Waals surface area contributed by atoms with Crippen LogP contribution in [0.3, 0.4) is 0 Å². The highest BCUT2D eigenvalue weighted by Crippen LogP contribution is 2.42. The fourth-order valence-corrected chi connectivity index (χ4v) is 9.44. The molecule has 0 amide bonds. The second kappa shape index (κ2) is 15.3. The number of nitrogens with zero attached hydrogens (tertiary/aromatic N) is 2. The first-order valence-corrected chi connectivity index (χ1v) is 21.5. The van der Waals surface area contributed by atoms with E-state index in [0.717, 1.165) is 44.3 Å². The van der Waals surface area contributed by atoms with Crippen molar-refractivity contribution in [1.29, 1.82) is 0 Å². The van der Waals surface area contributed by atoms with Crippen LogP contribution < -0.4 is 0 Å². The van der Waals surface area contributed by atoms with Gasteiger partial charge in [-0.3, -0.25) is 0 Å². The fraction of sp³-hybridized carbons (Fsp3) is 0. The van der Waals surface area contributed by atoms with E-state index in [-0.39, 0.29) is 0 Å². The summed E-state index contributed by atoms with van der Waals surface area (Å²) in [5, 5.41) is 7.08. The molecular formula is C60H40N2O. The molecule has 0 atom stereocenters. The van der Waals surface area contributed by atoms with Crippen molar-refractivity contribution in [3.8, 4) is 44.8 Å². The average molecular weight is 805 g/mol. The highest BCUT2D eigenvalue weighted by molar-refractivity contribution is 6.15. The van der Waals surface area contributed by atoms with Gasteiger partial charge in [-0.15, -0.1) is 0 Å². The molecule has 13 rings (SSSR count). The summed E-state index contributed by atoms with van der Waals surface area (Å²) in [7, 11) is 0. The highest BCUT2D eigenvalue weighted by Gasteiger charge is 2.20. The number of aromatic nitrogens is 2. The predicted octanol–water partition coefficient (Wildman–Crippen LogP) is 16.5. The summed E-state index contributed by atoms with van der Waals surface area (Å²) in [6.07, 6.45) is 0. The van der Waals surface area contributed by atoms with Gasteiger partial charge in [-0.05, 0) is 100 Å². The molecule has 0 fully saturated rings. The lowest BCUT2D eigenvalue weighted by molar-refractivity contribution is 0.666. The maximum absolute atomic E-state index is 6.87. The Labute approximate surface area is 365 Å². The van der Waals surface area contributed by atoms with E-state index in [1.807, 2.05) is 36.4 Å². The summed E-state index contributed by atoms with van der Waals surface area (Å²) < 4.78 is 11.7. The Morgan fingerprint density at radius 3 is 1.22 bits per heavy atom. The standard InChI is InChI=1S/C54H34N2O.C6H6/c1-4-13-35(14-5-1)38-23-27-49-44(31-38)42-19-10-11-21-48(42)55(49)41-26-30-53-47(34-41)43-20-12-22-52(54(43)57-53)56-50-28-24-39(36-15-6-2-7-16-36)32-45(50)46-33-40(25-29-51(46)56)37-17-8-3-9-18-37;1-2-4-6-5-3-1/h1-34H;1-6H. The van der Waals surface area contributed by atoms with Crippen LogP contribution in [-0.4, -0.2) is 9.13 Å². The molecule has 0 spiro atoms. The van der Waals surface area contributed by atoms with Gasteiger partial charge in [0.2, 0.25) is 0 Å². The van der Waals surface area contributed by atoms with Crippen molar-refractivity contribution in [2.75, 3.05) is 0 Å². The first kappa shape index (κ1) is 36.5. The second-order valence-electron chi connectivity index (χ2n) is 16.1. The molecule has 13 aromatic rings. The molecule has 63 heavy (non-hydrogen) atoms. The van der Waals surface area contributed by atoms with E-state index in [0.29, 0.717) is 0 Å². The summed E-state index contributed by atoms with van der Waals surface area (Å²) in [6.45, 7) is 0. The molecule has 0 saturated carbocycles. The number of furan rings is 1. The van der Waals surface area contributed by atoms with E-state index >= 15 is 0 Å². The van der Waals surface area contributed by atoms with E-state index in [2.05, 4.69) is 215 Å². The van der Waals surface area contributed by atoms with Gasteiger partial charge in [-0.25, -0.2) is 0 Å². The summed E-state index contributed by atoms with van der Waals surface area (Å²) in [6, 6.07) is 86.4. The lowest BCUT2D eigenvalue weighted by atomic mass is 10.0. The van der Waals surface area contributed by atoms with Crippen molar-refractivity contribution in [3.63, 3.8) is 0 Å². The molecule has 296 valence electrons. The topological polar surface area (TPSA) is 23.0 Å². The van der Waals surface area contributed by atoms with Gasteiger partial charge in [0.05, 0.1) is 27.8 Å². The van der Waals surface area contributed by atoms with E-state index in [1.54, 1.807) is 0 Å². The minimum absolute atomic E-state index is 0.867. The van der Waals surface area contributed by atoms with Crippen molar-refractivity contribution in [3.05, 3.63) is 243 Å². The number of rotatable bonds is 5. The normalized spacial score (nSPS) is 11.5. The Balaban J connectivity index is 0.000000651. The molecule has 0 aliphatic rings. The molecule has 0 radical (unpaired) electrons. The number of hydrogen-bond donors (Lipinski definition) is 0. The van der Waals surface area contributed by atoms with Crippen molar-refractivity contribution in [2.45, 2.75) is 0 Å². The molecule has 0 bridgehead atoms. The molecule has 3 heteroatoms. The third kappa shape index (κ3) is 6.29. The van der Waals surface area contributed by atoms with Crippen molar-refractivity contribution in [1.82, 2.24) is 9.13 Å². The van der Waals surface area contributed by atoms with Crippen molar-refractivity contribution < 1.29 is 4.42 Å². The van der Waals surface area contributed by atoms with Gasteiger partial charge in [-0.1, -0.05) is 176 Å². The molecule has 0 aliphatic heterocycles. The first-order valence-electron chi connectivity index (χ1n) is 21.5. The monoisotopic (exact) mass is 804 g/mol. The third-order valence-corrected chi connectivity index (χ3v) is 12.4. The lowest BCUT2D eigenvalue weighted by Gasteiger charge is -2.10. The average Bonchev–Trinajstić information content (AvgIpc) is 4.02. The van der Waals surface area contributed by atoms with Crippen LogP contribution >= 0.6 is 0 Å². The van der Waals surface area contributed by atoms with E-state index < -0.39 is 0 Å². The number of para-hydroxylation sites is 2. The SMILES string of the molecule is c1ccc(-c2ccc3c(c2)c2ccccc2n3-c2ccc3oc4c(-n5c6ccc(-c7ccccc7)cc6c6cc(-c7ccccc7)ccc65)cccc4c3c2)cc1.c1ccccc1. The largest absolute Gasteiger partial charge is 0.454 e. The van der Waals surface area contributed by atoms with E-state index in [4.69, 9.17) is 4.42 Å². The molecule has 3 nitrogen and oxygen atoms in total. The van der Waals surface area contributed by atoms with Crippen LogP contribution in [0.1, 0.15) is 0 Å². The Morgan fingerprint density at radius 2 is 0.683 bits per heavy atom. The Bertz CT molecular complexity index is 3640. The van der Waals surface area contributed by atoms with Gasteiger partial charge < -0.3 is 13.6 Å². The zero-order valence-corrected chi connectivity index (χ0v) is 34.4. The maximum atomic E-state index is 6.87. The summed E-state index contributed by atoms with van der Waals surface area (Å²) in [5.74, 6) is 0. The molecule has 3 heterocycles. The molecule has 10 aromatic carbocycles. The van der Waals surface area contributed by atoms with Gasteiger partial charge in [0, 0.05) is 38.0 Å². The Morgan fingerprint density at radius 1 is 0.254 bits per heavy atom. The number of fused-ring (bicyclic) bond motifs is 9. The molecule has 0 saturated heterocycles. The minimum Gasteiger partial charge on any atom is -0.454 e. The second-order valence-corrected chi connectivity index (χ2v) is 16.1. The van der Waals surface area contributed by atoms with Gasteiger partial charge in [0.25, 0.3) is 0 Å². The smallest absolute Gasteiger partial charge is 0.159 e. The molecule has 0 aliphatic carbocycles. The van der Waals surface area contributed by atoms with E-state index in [1.165, 1.54) is 66.0 Å². The molecule has 0 N–H and O–H groups in total. The van der Waals surface area contributed by atoms with Gasteiger partial charge in [0.15, 0.2) is 5.58 Å². The predicted molar refractivity (Wildman–Crippen MR) is 265 cm³/mol. The van der Waals surface area contributed by atoms with Crippen LogP contribution in [0.2, 0.25) is 0 Å². The van der Waals surface area contributed by atoms with Crippen molar-refractivity contribution >= 4 is 65.6 Å². The molecular weight excluding hydrogens is 765 g/mol.